The van der Waals surface area contributed by atoms with Crippen molar-refractivity contribution in [3.63, 3.8) is 0 Å². The quantitative estimate of drug-likeness (QED) is 0.260. The third kappa shape index (κ3) is 9.83. The van der Waals surface area contributed by atoms with Crippen LogP contribution in [0.4, 0.5) is 0 Å². The van der Waals surface area contributed by atoms with E-state index in [-0.39, 0.29) is 6.61 Å². The van der Waals surface area contributed by atoms with Crippen LogP contribution in [0, 0.1) is 0 Å². The molecule has 1 fully saturated rings. The molecule has 1 atom stereocenters. The van der Waals surface area contributed by atoms with Gasteiger partial charge in [0, 0.05) is 12.2 Å². The lowest BCUT2D eigenvalue weighted by Crippen LogP contribution is -2.31. The predicted molar refractivity (Wildman–Crippen MR) is 88.6 cm³/mol. The summed E-state index contributed by atoms with van der Waals surface area (Å²) in [6, 6.07) is 0. The van der Waals surface area contributed by atoms with Crippen LogP contribution >= 0.6 is 0 Å². The first kappa shape index (κ1) is 21.1. The second-order valence-corrected chi connectivity index (χ2v) is 5.78. The van der Waals surface area contributed by atoms with Crippen molar-refractivity contribution in [3.8, 4) is 0 Å². The van der Waals surface area contributed by atoms with Crippen molar-refractivity contribution in [2.24, 2.45) is 0 Å². The number of aliphatic hydroxyl groups is 1. The molecule has 1 aliphatic rings. The Labute approximate surface area is 147 Å². The van der Waals surface area contributed by atoms with Crippen LogP contribution in [0.3, 0.4) is 0 Å². The van der Waals surface area contributed by atoms with Gasteiger partial charge in [-0.1, -0.05) is 6.42 Å². The van der Waals surface area contributed by atoms with E-state index >= 15 is 0 Å². The fraction of sp³-hybridized carbons (Fsp3) is 0.706. The summed E-state index contributed by atoms with van der Waals surface area (Å²) < 4.78 is 13.9. The van der Waals surface area contributed by atoms with Crippen LogP contribution in [0.1, 0.15) is 32.1 Å². The van der Waals surface area contributed by atoms with Crippen molar-refractivity contribution < 1.29 is 33.7 Å². The monoisotopic (exact) mass is 357 g/mol. The second kappa shape index (κ2) is 12.4. The molecule has 0 radical (unpaired) electrons. The first-order chi connectivity index (χ1) is 12.0. The number of piperidine rings is 1. The Kier molecular flexibility index (Phi) is 10.5. The number of carbonyl (C=O) groups excluding carboxylic acids is 3. The van der Waals surface area contributed by atoms with Crippen molar-refractivity contribution in [1.29, 1.82) is 0 Å². The van der Waals surface area contributed by atoms with Gasteiger partial charge in [-0.3, -0.25) is 0 Å². The molecule has 0 bridgehead atoms. The van der Waals surface area contributed by atoms with E-state index in [0.717, 1.165) is 44.6 Å². The number of methoxy groups -OCH3 is 1. The highest BCUT2D eigenvalue weighted by molar-refractivity contribution is 5.91. The molecule has 0 spiro atoms. The Balaban J connectivity index is 2.07. The molecule has 0 saturated carbocycles. The zero-order valence-electron chi connectivity index (χ0n) is 14.6. The van der Waals surface area contributed by atoms with E-state index in [2.05, 4.69) is 14.4 Å². The van der Waals surface area contributed by atoms with Crippen molar-refractivity contribution >= 4 is 17.9 Å². The maximum Gasteiger partial charge on any atom is 0.338 e. The van der Waals surface area contributed by atoms with Crippen LogP contribution < -0.4 is 0 Å². The topological polar surface area (TPSA) is 102 Å². The Morgan fingerprint density at radius 1 is 1.04 bits per heavy atom. The number of likely N-dealkylation sites (tertiary alicyclic amines) is 1. The summed E-state index contributed by atoms with van der Waals surface area (Å²) in [5.74, 6) is -2.40. The van der Waals surface area contributed by atoms with Gasteiger partial charge in [0.05, 0.1) is 13.7 Å². The smallest absolute Gasteiger partial charge is 0.338 e. The minimum atomic E-state index is -1.54. The zero-order chi connectivity index (χ0) is 18.5. The van der Waals surface area contributed by atoms with Crippen LogP contribution in [0.15, 0.2) is 12.2 Å². The highest BCUT2D eigenvalue weighted by Crippen LogP contribution is 2.09. The van der Waals surface area contributed by atoms with Gasteiger partial charge in [0.25, 0.3) is 0 Å². The summed E-state index contributed by atoms with van der Waals surface area (Å²) in [6.45, 7) is 2.95. The van der Waals surface area contributed by atoms with Crippen LogP contribution in [0.2, 0.25) is 0 Å². The van der Waals surface area contributed by atoms with Gasteiger partial charge in [0.15, 0.2) is 6.10 Å². The van der Waals surface area contributed by atoms with Gasteiger partial charge < -0.3 is 24.2 Å². The molecule has 1 heterocycles. The van der Waals surface area contributed by atoms with E-state index in [9.17, 15) is 19.5 Å². The lowest BCUT2D eigenvalue weighted by molar-refractivity contribution is -0.159. The molecular formula is C17H27NO7. The third-order valence-electron chi connectivity index (χ3n) is 3.77. The molecular weight excluding hydrogens is 330 g/mol. The van der Waals surface area contributed by atoms with Crippen molar-refractivity contribution in [3.05, 3.63) is 12.2 Å². The highest BCUT2D eigenvalue weighted by atomic mass is 16.6. The van der Waals surface area contributed by atoms with Crippen LogP contribution in [0.25, 0.3) is 0 Å². The number of unbranched alkanes of at least 4 members (excludes halogenated alkanes) is 1. The molecule has 8 nitrogen and oxygen atoms in total. The fourth-order valence-corrected chi connectivity index (χ4v) is 2.37. The normalized spacial score (nSPS) is 16.4. The van der Waals surface area contributed by atoms with E-state index in [0.29, 0.717) is 0 Å². The molecule has 0 aromatic rings. The lowest BCUT2D eigenvalue weighted by Gasteiger charge is -2.26. The van der Waals surface area contributed by atoms with E-state index in [1.807, 2.05) is 0 Å². The number of nitrogens with zero attached hydrogens (tertiary/aromatic N) is 1. The minimum Gasteiger partial charge on any atom is -0.466 e. The summed E-state index contributed by atoms with van der Waals surface area (Å²) in [6.07, 6.45) is 5.63. The average molecular weight is 357 g/mol. The van der Waals surface area contributed by atoms with Crippen LogP contribution in [-0.4, -0.2) is 74.0 Å². The largest absolute Gasteiger partial charge is 0.466 e. The molecule has 0 aromatic heterocycles. The van der Waals surface area contributed by atoms with Gasteiger partial charge in [0.1, 0.15) is 6.61 Å². The Hall–Kier alpha value is -1.93. The first-order valence-electron chi connectivity index (χ1n) is 8.52. The number of hydrogen-bond acceptors (Lipinski definition) is 8. The molecule has 25 heavy (non-hydrogen) atoms. The van der Waals surface area contributed by atoms with Gasteiger partial charge in [-0.2, -0.15) is 0 Å². The maximum absolute atomic E-state index is 11.6. The SMILES string of the molecule is COC(=O)/C=C/C(=O)OCC(O)C(=O)OCCCCN1CCCCC1. The van der Waals surface area contributed by atoms with Gasteiger partial charge in [-0.05, 0) is 45.3 Å². The Bertz CT molecular complexity index is 458. The molecule has 8 heteroatoms. The van der Waals surface area contributed by atoms with Crippen LogP contribution in [-0.2, 0) is 28.6 Å². The molecule has 1 N–H and O–H groups in total. The summed E-state index contributed by atoms with van der Waals surface area (Å²) >= 11 is 0. The number of hydrogen-bond donors (Lipinski definition) is 1. The molecule has 0 aromatic carbocycles. The Morgan fingerprint density at radius 2 is 1.72 bits per heavy atom. The number of rotatable bonds is 10. The second-order valence-electron chi connectivity index (χ2n) is 5.78. The molecule has 0 aliphatic carbocycles. The number of carbonyl (C=O) groups is 3. The average Bonchev–Trinajstić information content (AvgIpc) is 2.64. The molecule has 1 saturated heterocycles. The maximum atomic E-state index is 11.6. The van der Waals surface area contributed by atoms with Crippen LogP contribution in [0.5, 0.6) is 0 Å². The highest BCUT2D eigenvalue weighted by Gasteiger charge is 2.18. The molecule has 1 aliphatic heterocycles. The minimum absolute atomic E-state index is 0.222. The molecule has 142 valence electrons. The van der Waals surface area contributed by atoms with Gasteiger partial charge in [-0.15, -0.1) is 0 Å². The van der Waals surface area contributed by atoms with E-state index in [1.165, 1.54) is 26.4 Å². The Morgan fingerprint density at radius 3 is 2.40 bits per heavy atom. The summed E-state index contributed by atoms with van der Waals surface area (Å²) in [5.41, 5.74) is 0. The molecule has 1 rings (SSSR count). The summed E-state index contributed by atoms with van der Waals surface area (Å²) in [4.78, 5) is 36.0. The van der Waals surface area contributed by atoms with Crippen molar-refractivity contribution in [1.82, 2.24) is 4.90 Å². The summed E-state index contributed by atoms with van der Waals surface area (Å²) in [7, 11) is 1.17. The van der Waals surface area contributed by atoms with Crippen molar-refractivity contribution in [2.75, 3.05) is 40.0 Å². The first-order valence-corrected chi connectivity index (χ1v) is 8.52. The van der Waals surface area contributed by atoms with Crippen molar-refractivity contribution in [2.45, 2.75) is 38.2 Å². The number of aliphatic hydroxyl groups excluding tert-OH is 1. The molecule has 1 unspecified atom stereocenters. The van der Waals surface area contributed by atoms with E-state index < -0.39 is 30.6 Å². The summed E-state index contributed by atoms with van der Waals surface area (Å²) in [5, 5.41) is 9.57. The predicted octanol–water partition coefficient (Wildman–Crippen LogP) is 0.429. The van der Waals surface area contributed by atoms with Gasteiger partial charge in [0.2, 0.25) is 0 Å². The van der Waals surface area contributed by atoms with E-state index in [1.54, 1.807) is 0 Å². The molecule has 0 amide bonds. The fourth-order valence-electron chi connectivity index (χ4n) is 2.37. The zero-order valence-corrected chi connectivity index (χ0v) is 14.6. The number of ether oxygens (including phenoxy) is 3. The van der Waals surface area contributed by atoms with E-state index in [4.69, 9.17) is 4.74 Å². The third-order valence-corrected chi connectivity index (χ3v) is 3.77. The van der Waals surface area contributed by atoms with Gasteiger partial charge in [-0.25, -0.2) is 14.4 Å². The lowest BCUT2D eigenvalue weighted by atomic mass is 10.1. The van der Waals surface area contributed by atoms with Gasteiger partial charge >= 0.3 is 17.9 Å². The standard InChI is InChI=1S/C17H27NO7/c1-23-15(20)7-8-16(21)25-13-14(19)17(22)24-12-6-5-11-18-9-3-2-4-10-18/h7-8,14,19H,2-6,9-13H2,1H3/b8-7+. The number of esters is 3.